The SMILES string of the molecule is O=CCc1cc(N2CC(F)C2)ccn1. The van der Waals surface area contributed by atoms with Crippen LogP contribution < -0.4 is 4.90 Å². The number of carbonyl (C=O) groups excluding carboxylic acids is 1. The van der Waals surface area contributed by atoms with Gasteiger partial charge in [0.1, 0.15) is 12.5 Å². The fourth-order valence-corrected chi connectivity index (χ4v) is 1.49. The van der Waals surface area contributed by atoms with Crippen molar-refractivity contribution in [3.8, 4) is 0 Å². The molecule has 74 valence electrons. The number of pyridine rings is 1. The summed E-state index contributed by atoms with van der Waals surface area (Å²) in [5.74, 6) is 0. The van der Waals surface area contributed by atoms with Gasteiger partial charge in [-0.3, -0.25) is 4.98 Å². The third kappa shape index (κ3) is 1.73. The van der Waals surface area contributed by atoms with Crippen LogP contribution in [0.5, 0.6) is 0 Å². The lowest BCUT2D eigenvalue weighted by molar-refractivity contribution is -0.107. The molecule has 3 nitrogen and oxygen atoms in total. The second kappa shape index (κ2) is 3.74. The Morgan fingerprint density at radius 1 is 1.64 bits per heavy atom. The molecule has 0 spiro atoms. The minimum atomic E-state index is -0.710. The molecular formula is C10H11FN2O. The number of hydrogen-bond acceptors (Lipinski definition) is 3. The molecule has 0 atom stereocenters. The van der Waals surface area contributed by atoms with Crippen LogP contribution >= 0.6 is 0 Å². The smallest absolute Gasteiger partial charge is 0.135 e. The van der Waals surface area contributed by atoms with Crippen LogP contribution in [-0.2, 0) is 11.2 Å². The lowest BCUT2D eigenvalue weighted by Gasteiger charge is -2.36. The van der Waals surface area contributed by atoms with Gasteiger partial charge in [-0.25, -0.2) is 4.39 Å². The van der Waals surface area contributed by atoms with Crippen LogP contribution in [0.1, 0.15) is 5.69 Å². The molecule has 1 aliphatic rings. The van der Waals surface area contributed by atoms with Crippen molar-refractivity contribution in [1.82, 2.24) is 4.98 Å². The van der Waals surface area contributed by atoms with Crippen LogP contribution in [0.15, 0.2) is 18.3 Å². The quantitative estimate of drug-likeness (QED) is 0.672. The summed E-state index contributed by atoms with van der Waals surface area (Å²) in [5, 5.41) is 0. The topological polar surface area (TPSA) is 33.2 Å². The summed E-state index contributed by atoms with van der Waals surface area (Å²) in [5.41, 5.74) is 1.69. The van der Waals surface area contributed by atoms with Gasteiger partial charge in [0.05, 0.1) is 13.1 Å². The zero-order valence-electron chi connectivity index (χ0n) is 7.69. The summed E-state index contributed by atoms with van der Waals surface area (Å²) >= 11 is 0. The Kier molecular flexibility index (Phi) is 2.43. The van der Waals surface area contributed by atoms with E-state index in [1.165, 1.54) is 0 Å². The lowest BCUT2D eigenvalue weighted by Crippen LogP contribution is -2.48. The van der Waals surface area contributed by atoms with E-state index in [0.717, 1.165) is 17.7 Å². The Morgan fingerprint density at radius 3 is 3.07 bits per heavy atom. The number of hydrogen-bond donors (Lipinski definition) is 0. The Labute approximate surface area is 81.6 Å². The Hall–Kier alpha value is -1.45. The van der Waals surface area contributed by atoms with Gasteiger partial charge in [-0.1, -0.05) is 0 Å². The Balaban J connectivity index is 2.10. The number of aldehydes is 1. The molecule has 0 amide bonds. The molecule has 1 aromatic rings. The number of rotatable bonds is 3. The van der Waals surface area contributed by atoms with Gasteiger partial charge in [-0.05, 0) is 12.1 Å². The molecule has 4 heteroatoms. The average molecular weight is 194 g/mol. The van der Waals surface area contributed by atoms with E-state index in [-0.39, 0.29) is 0 Å². The maximum atomic E-state index is 12.6. The van der Waals surface area contributed by atoms with Crippen molar-refractivity contribution < 1.29 is 9.18 Å². The molecule has 1 aromatic heterocycles. The van der Waals surface area contributed by atoms with Crippen molar-refractivity contribution in [2.24, 2.45) is 0 Å². The van der Waals surface area contributed by atoms with Crippen molar-refractivity contribution >= 4 is 12.0 Å². The first-order valence-electron chi connectivity index (χ1n) is 4.57. The fraction of sp³-hybridized carbons (Fsp3) is 0.400. The lowest BCUT2D eigenvalue weighted by atomic mass is 10.1. The predicted molar refractivity (Wildman–Crippen MR) is 51.1 cm³/mol. The van der Waals surface area contributed by atoms with Gasteiger partial charge in [-0.2, -0.15) is 0 Å². The van der Waals surface area contributed by atoms with Gasteiger partial charge in [0.2, 0.25) is 0 Å². The highest BCUT2D eigenvalue weighted by molar-refractivity contribution is 5.57. The van der Waals surface area contributed by atoms with Crippen molar-refractivity contribution in [1.29, 1.82) is 0 Å². The van der Waals surface area contributed by atoms with Crippen LogP contribution in [0, 0.1) is 0 Å². The van der Waals surface area contributed by atoms with Crippen LogP contribution in [-0.4, -0.2) is 30.5 Å². The normalized spacial score (nSPS) is 16.5. The molecule has 0 aromatic carbocycles. The summed E-state index contributed by atoms with van der Waals surface area (Å²) in [6, 6.07) is 3.67. The van der Waals surface area contributed by atoms with Crippen LogP contribution in [0.25, 0.3) is 0 Å². The first kappa shape index (κ1) is 9.12. The molecule has 2 heterocycles. The molecule has 1 fully saturated rings. The van der Waals surface area contributed by atoms with E-state index < -0.39 is 6.17 Å². The second-order valence-corrected chi connectivity index (χ2v) is 3.38. The van der Waals surface area contributed by atoms with Gasteiger partial charge >= 0.3 is 0 Å². The highest BCUT2D eigenvalue weighted by atomic mass is 19.1. The highest BCUT2D eigenvalue weighted by Gasteiger charge is 2.26. The average Bonchev–Trinajstić information content (AvgIpc) is 2.14. The summed E-state index contributed by atoms with van der Waals surface area (Å²) < 4.78 is 12.6. The zero-order chi connectivity index (χ0) is 9.97. The van der Waals surface area contributed by atoms with Crippen LogP contribution in [0.4, 0.5) is 10.1 Å². The van der Waals surface area contributed by atoms with Gasteiger partial charge in [-0.15, -0.1) is 0 Å². The minimum absolute atomic E-state index is 0.320. The number of alkyl halides is 1. The molecule has 2 rings (SSSR count). The number of nitrogens with zero attached hydrogens (tertiary/aromatic N) is 2. The molecule has 0 unspecified atom stereocenters. The van der Waals surface area contributed by atoms with E-state index in [1.54, 1.807) is 6.20 Å². The van der Waals surface area contributed by atoms with E-state index in [2.05, 4.69) is 4.98 Å². The van der Waals surface area contributed by atoms with Crippen molar-refractivity contribution in [3.63, 3.8) is 0 Å². The summed E-state index contributed by atoms with van der Waals surface area (Å²) in [6.07, 6.45) is 2.08. The van der Waals surface area contributed by atoms with E-state index in [4.69, 9.17) is 0 Å². The third-order valence-electron chi connectivity index (χ3n) is 2.29. The maximum absolute atomic E-state index is 12.6. The van der Waals surface area contributed by atoms with Crippen LogP contribution in [0.2, 0.25) is 0 Å². The van der Waals surface area contributed by atoms with Gasteiger partial charge in [0.25, 0.3) is 0 Å². The van der Waals surface area contributed by atoms with Crippen molar-refractivity contribution in [2.75, 3.05) is 18.0 Å². The van der Waals surface area contributed by atoms with Crippen LogP contribution in [0.3, 0.4) is 0 Å². The number of anilines is 1. The van der Waals surface area contributed by atoms with Gasteiger partial charge in [0.15, 0.2) is 0 Å². The number of aromatic nitrogens is 1. The molecule has 0 radical (unpaired) electrons. The molecule has 0 N–H and O–H groups in total. The van der Waals surface area contributed by atoms with Crippen molar-refractivity contribution in [3.05, 3.63) is 24.0 Å². The monoisotopic (exact) mass is 194 g/mol. The molecule has 0 bridgehead atoms. The van der Waals surface area contributed by atoms with E-state index >= 15 is 0 Å². The molecule has 1 aliphatic heterocycles. The second-order valence-electron chi connectivity index (χ2n) is 3.38. The first-order valence-corrected chi connectivity index (χ1v) is 4.57. The standard InChI is InChI=1S/C10H11FN2O/c11-8-6-13(7-8)10-1-3-12-9(5-10)2-4-14/h1,3-5,8H,2,6-7H2. The molecule has 0 saturated carbocycles. The summed E-state index contributed by atoms with van der Waals surface area (Å²) in [4.78, 5) is 16.2. The largest absolute Gasteiger partial charge is 0.365 e. The van der Waals surface area contributed by atoms with E-state index in [9.17, 15) is 9.18 Å². The molecule has 0 aliphatic carbocycles. The van der Waals surface area contributed by atoms with Gasteiger partial charge in [0, 0.05) is 24.0 Å². The highest BCUT2D eigenvalue weighted by Crippen LogP contribution is 2.22. The molecular weight excluding hydrogens is 183 g/mol. The summed E-state index contributed by atoms with van der Waals surface area (Å²) in [6.45, 7) is 0.898. The summed E-state index contributed by atoms with van der Waals surface area (Å²) in [7, 11) is 0. The van der Waals surface area contributed by atoms with E-state index in [0.29, 0.717) is 19.5 Å². The van der Waals surface area contributed by atoms with Crippen molar-refractivity contribution in [2.45, 2.75) is 12.6 Å². The number of carbonyl (C=O) groups is 1. The Bertz CT molecular complexity index is 337. The zero-order valence-corrected chi connectivity index (χ0v) is 7.69. The number of halogens is 1. The molecule has 1 saturated heterocycles. The maximum Gasteiger partial charge on any atom is 0.135 e. The molecule has 14 heavy (non-hydrogen) atoms. The third-order valence-corrected chi connectivity index (χ3v) is 2.29. The first-order chi connectivity index (χ1) is 6.79. The van der Waals surface area contributed by atoms with E-state index in [1.807, 2.05) is 17.0 Å². The predicted octanol–water partition coefficient (Wildman–Crippen LogP) is 0.981. The van der Waals surface area contributed by atoms with Gasteiger partial charge < -0.3 is 9.69 Å². The Morgan fingerprint density at radius 2 is 2.43 bits per heavy atom. The minimum Gasteiger partial charge on any atom is -0.365 e. The fourth-order valence-electron chi connectivity index (χ4n) is 1.49.